The maximum atomic E-state index is 13.6. The van der Waals surface area contributed by atoms with Gasteiger partial charge < -0.3 is 10.2 Å². The van der Waals surface area contributed by atoms with Crippen molar-refractivity contribution in [2.75, 3.05) is 17.1 Å². The van der Waals surface area contributed by atoms with Crippen molar-refractivity contribution < 1.29 is 22.4 Å². The first-order valence-corrected chi connectivity index (χ1v) is 13.1. The number of benzene rings is 2. The Labute approximate surface area is 202 Å². The lowest BCUT2D eigenvalue weighted by molar-refractivity contribution is -0.140. The molecule has 186 valence electrons. The van der Waals surface area contributed by atoms with E-state index in [9.17, 15) is 22.4 Å². The molecule has 7 nitrogen and oxygen atoms in total. The summed E-state index contributed by atoms with van der Waals surface area (Å²) in [5, 5.41) is 2.83. The molecule has 0 spiro atoms. The summed E-state index contributed by atoms with van der Waals surface area (Å²) in [7, 11) is -3.79. The molecule has 9 heteroatoms. The number of rotatable bonds is 10. The van der Waals surface area contributed by atoms with Gasteiger partial charge in [0.2, 0.25) is 21.8 Å². The fraction of sp³-hybridized carbons (Fsp3) is 0.440. The van der Waals surface area contributed by atoms with E-state index >= 15 is 0 Å². The molecule has 2 aromatic carbocycles. The largest absolute Gasteiger partial charge is 0.352 e. The summed E-state index contributed by atoms with van der Waals surface area (Å²) in [6, 6.07) is 9.87. The fourth-order valence-electron chi connectivity index (χ4n) is 3.58. The lowest BCUT2D eigenvalue weighted by atomic mass is 10.1. The standard InChI is InChI=1S/C25H34FN3O4S/c1-7-23(25(31)27-17(2)3)28(15-20-9-11-21(26)12-10-20)24(30)16-29(34(6,32)33)22-13-8-18(4)19(5)14-22/h8-14,17,23H,7,15-16H2,1-6H3,(H,27,31)/t23-/m1/s1. The topological polar surface area (TPSA) is 86.8 Å². The third-order valence-electron chi connectivity index (χ3n) is 5.54. The monoisotopic (exact) mass is 491 g/mol. The number of hydrogen-bond acceptors (Lipinski definition) is 4. The second kappa shape index (κ2) is 11.5. The van der Waals surface area contributed by atoms with Crippen molar-refractivity contribution in [3.05, 3.63) is 65.0 Å². The van der Waals surface area contributed by atoms with Crippen LogP contribution in [0.15, 0.2) is 42.5 Å². The molecular formula is C25H34FN3O4S. The van der Waals surface area contributed by atoms with Crippen molar-refractivity contribution in [3.8, 4) is 0 Å². The molecule has 0 saturated heterocycles. The van der Waals surface area contributed by atoms with Gasteiger partial charge in [-0.1, -0.05) is 25.1 Å². The minimum absolute atomic E-state index is 0.0354. The summed E-state index contributed by atoms with van der Waals surface area (Å²) in [5.41, 5.74) is 2.89. The van der Waals surface area contributed by atoms with Crippen molar-refractivity contribution in [3.63, 3.8) is 0 Å². The summed E-state index contributed by atoms with van der Waals surface area (Å²) >= 11 is 0. The molecule has 0 aliphatic carbocycles. The second-order valence-electron chi connectivity index (χ2n) is 8.77. The van der Waals surface area contributed by atoms with E-state index in [2.05, 4.69) is 5.32 Å². The first-order chi connectivity index (χ1) is 15.8. The van der Waals surface area contributed by atoms with Crippen LogP contribution in [0.4, 0.5) is 10.1 Å². The number of carbonyl (C=O) groups excluding carboxylic acids is 2. The zero-order chi connectivity index (χ0) is 25.6. The van der Waals surface area contributed by atoms with E-state index in [0.717, 1.165) is 21.7 Å². The molecule has 0 heterocycles. The molecule has 2 rings (SSSR count). The highest BCUT2D eigenvalue weighted by Gasteiger charge is 2.32. The van der Waals surface area contributed by atoms with Gasteiger partial charge in [0.1, 0.15) is 18.4 Å². The van der Waals surface area contributed by atoms with E-state index in [1.165, 1.54) is 17.0 Å². The van der Waals surface area contributed by atoms with Crippen LogP contribution in [0, 0.1) is 19.7 Å². The van der Waals surface area contributed by atoms with Crippen LogP contribution in [0.3, 0.4) is 0 Å². The minimum atomic E-state index is -3.79. The van der Waals surface area contributed by atoms with E-state index in [0.29, 0.717) is 17.7 Å². The Morgan fingerprint density at radius 3 is 2.15 bits per heavy atom. The predicted octanol–water partition coefficient (Wildman–Crippen LogP) is 3.54. The van der Waals surface area contributed by atoms with Gasteiger partial charge in [-0.05, 0) is 75.1 Å². The van der Waals surface area contributed by atoms with Crippen LogP contribution in [-0.4, -0.2) is 50.0 Å². The summed E-state index contributed by atoms with van der Waals surface area (Å²) in [4.78, 5) is 27.8. The molecule has 2 aromatic rings. The number of nitrogens with one attached hydrogen (secondary N) is 1. The van der Waals surface area contributed by atoms with Crippen LogP contribution in [0.1, 0.15) is 43.9 Å². The molecule has 0 aliphatic heterocycles. The summed E-state index contributed by atoms with van der Waals surface area (Å²) in [5.74, 6) is -1.27. The Bertz CT molecular complexity index is 1120. The lowest BCUT2D eigenvalue weighted by Gasteiger charge is -2.33. The van der Waals surface area contributed by atoms with E-state index < -0.39 is 34.3 Å². The number of carbonyl (C=O) groups is 2. The maximum absolute atomic E-state index is 13.6. The number of nitrogens with zero attached hydrogens (tertiary/aromatic N) is 2. The van der Waals surface area contributed by atoms with Gasteiger partial charge in [0.05, 0.1) is 11.9 Å². The van der Waals surface area contributed by atoms with Crippen LogP contribution in [-0.2, 0) is 26.2 Å². The quantitative estimate of drug-likeness (QED) is 0.551. The van der Waals surface area contributed by atoms with Gasteiger partial charge in [-0.15, -0.1) is 0 Å². The molecule has 0 fully saturated rings. The zero-order valence-corrected chi connectivity index (χ0v) is 21.4. The molecule has 0 saturated carbocycles. The smallest absolute Gasteiger partial charge is 0.244 e. The van der Waals surface area contributed by atoms with Gasteiger partial charge in [-0.3, -0.25) is 13.9 Å². The summed E-state index contributed by atoms with van der Waals surface area (Å²) in [6.07, 6.45) is 1.37. The first kappa shape index (κ1) is 27.3. The average Bonchev–Trinajstić information content (AvgIpc) is 2.74. The molecule has 0 bridgehead atoms. The van der Waals surface area contributed by atoms with Crippen molar-refractivity contribution >= 4 is 27.5 Å². The van der Waals surface area contributed by atoms with Gasteiger partial charge in [0.25, 0.3) is 0 Å². The Balaban J connectivity index is 2.45. The molecule has 0 radical (unpaired) electrons. The SMILES string of the molecule is CC[C@H](C(=O)NC(C)C)N(Cc1ccc(F)cc1)C(=O)CN(c1ccc(C)c(C)c1)S(C)(=O)=O. The number of aryl methyl sites for hydroxylation is 2. The van der Waals surface area contributed by atoms with E-state index in [1.807, 2.05) is 27.7 Å². The average molecular weight is 492 g/mol. The van der Waals surface area contributed by atoms with E-state index in [1.54, 1.807) is 37.3 Å². The van der Waals surface area contributed by atoms with Crippen molar-refractivity contribution in [1.82, 2.24) is 10.2 Å². The molecule has 0 aliphatic rings. The van der Waals surface area contributed by atoms with Crippen molar-refractivity contribution in [1.29, 1.82) is 0 Å². The second-order valence-corrected chi connectivity index (χ2v) is 10.7. The highest BCUT2D eigenvalue weighted by Crippen LogP contribution is 2.22. The Morgan fingerprint density at radius 1 is 1.03 bits per heavy atom. The number of halogens is 1. The molecule has 1 N–H and O–H groups in total. The van der Waals surface area contributed by atoms with E-state index in [-0.39, 0.29) is 18.5 Å². The van der Waals surface area contributed by atoms with Crippen molar-refractivity contribution in [2.45, 2.75) is 59.7 Å². The molecule has 0 aromatic heterocycles. The van der Waals surface area contributed by atoms with Crippen LogP contribution in [0.2, 0.25) is 0 Å². The fourth-order valence-corrected chi connectivity index (χ4v) is 4.42. The van der Waals surface area contributed by atoms with Gasteiger partial charge in [-0.2, -0.15) is 0 Å². The predicted molar refractivity (Wildman–Crippen MR) is 132 cm³/mol. The molecule has 2 amide bonds. The number of sulfonamides is 1. The normalized spacial score (nSPS) is 12.4. The van der Waals surface area contributed by atoms with Crippen molar-refractivity contribution in [2.24, 2.45) is 0 Å². The van der Waals surface area contributed by atoms with Crippen LogP contribution < -0.4 is 9.62 Å². The Kier molecular flexibility index (Phi) is 9.21. The first-order valence-electron chi connectivity index (χ1n) is 11.2. The zero-order valence-electron chi connectivity index (χ0n) is 20.6. The number of hydrogen-bond donors (Lipinski definition) is 1. The molecule has 1 atom stereocenters. The molecule has 34 heavy (non-hydrogen) atoms. The van der Waals surface area contributed by atoms with Gasteiger partial charge >= 0.3 is 0 Å². The maximum Gasteiger partial charge on any atom is 0.244 e. The lowest BCUT2D eigenvalue weighted by Crippen LogP contribution is -2.53. The Hall–Kier alpha value is -2.94. The minimum Gasteiger partial charge on any atom is -0.352 e. The van der Waals surface area contributed by atoms with E-state index in [4.69, 9.17) is 0 Å². The highest BCUT2D eigenvalue weighted by molar-refractivity contribution is 7.92. The highest BCUT2D eigenvalue weighted by atomic mass is 32.2. The molecule has 0 unspecified atom stereocenters. The van der Waals surface area contributed by atoms with Crippen LogP contribution in [0.25, 0.3) is 0 Å². The van der Waals surface area contributed by atoms with Crippen LogP contribution >= 0.6 is 0 Å². The summed E-state index contributed by atoms with van der Waals surface area (Å²) < 4.78 is 39.7. The number of amides is 2. The van der Waals surface area contributed by atoms with Crippen LogP contribution in [0.5, 0.6) is 0 Å². The van der Waals surface area contributed by atoms with Gasteiger partial charge in [-0.25, -0.2) is 12.8 Å². The summed E-state index contributed by atoms with van der Waals surface area (Å²) in [6.45, 7) is 8.78. The third kappa shape index (κ3) is 7.28. The molecular weight excluding hydrogens is 457 g/mol. The number of anilines is 1. The van der Waals surface area contributed by atoms with Gasteiger partial charge in [0.15, 0.2) is 0 Å². The third-order valence-corrected chi connectivity index (χ3v) is 6.68. The van der Waals surface area contributed by atoms with Gasteiger partial charge in [0, 0.05) is 12.6 Å². The Morgan fingerprint density at radius 2 is 1.65 bits per heavy atom.